The van der Waals surface area contributed by atoms with Gasteiger partial charge in [-0.25, -0.2) is 0 Å². The molecule has 4 nitrogen and oxygen atoms in total. The predicted octanol–water partition coefficient (Wildman–Crippen LogP) is 3.96. The molecule has 0 N–H and O–H groups in total. The van der Waals surface area contributed by atoms with Gasteiger partial charge in [-0.05, 0) is 16.7 Å². The van der Waals surface area contributed by atoms with Crippen LogP contribution in [0.5, 0.6) is 0 Å². The highest BCUT2D eigenvalue weighted by atomic mass is 16.6. The van der Waals surface area contributed by atoms with E-state index in [1.807, 2.05) is 30.3 Å². The molecule has 1 aliphatic heterocycles. The molecule has 2 aromatic carbocycles. The summed E-state index contributed by atoms with van der Waals surface area (Å²) in [7, 11) is 1.60. The van der Waals surface area contributed by atoms with E-state index in [2.05, 4.69) is 36.4 Å². The van der Waals surface area contributed by atoms with Crippen molar-refractivity contribution < 1.29 is 19.0 Å². The zero-order chi connectivity index (χ0) is 18.4. The van der Waals surface area contributed by atoms with Gasteiger partial charge in [0, 0.05) is 20.0 Å². The van der Waals surface area contributed by atoms with E-state index in [9.17, 15) is 4.79 Å². The molecule has 3 rings (SSSR count). The fraction of sp³-hybridized carbons (Fsp3) is 0.318. The van der Waals surface area contributed by atoms with Gasteiger partial charge in [0.25, 0.3) is 0 Å². The van der Waals surface area contributed by atoms with E-state index in [0.29, 0.717) is 13.2 Å². The Labute approximate surface area is 154 Å². The number of carbonyl (C=O) groups is 1. The van der Waals surface area contributed by atoms with Crippen LogP contribution in [0.2, 0.25) is 0 Å². The zero-order valence-corrected chi connectivity index (χ0v) is 15.1. The molecule has 0 saturated heterocycles. The van der Waals surface area contributed by atoms with Gasteiger partial charge >= 0.3 is 5.97 Å². The standard InChI is InChI=1S/C22H24O4/c1-16(23)26-21(15-24-2)22-20(13-12-17-8-4-3-5-9-17)19-11-7-6-10-18(19)14-25-22/h3-13,20-22H,14-15H2,1-2H3/b13-12+/t20-,21-,22+/m1/s1. The first-order valence-electron chi connectivity index (χ1n) is 8.78. The highest BCUT2D eigenvalue weighted by molar-refractivity contribution is 5.66. The Morgan fingerprint density at radius 1 is 1.19 bits per heavy atom. The first-order chi connectivity index (χ1) is 12.7. The van der Waals surface area contributed by atoms with Crippen LogP contribution < -0.4 is 0 Å². The van der Waals surface area contributed by atoms with Crippen molar-refractivity contribution in [2.24, 2.45) is 0 Å². The van der Waals surface area contributed by atoms with Gasteiger partial charge < -0.3 is 14.2 Å². The summed E-state index contributed by atoms with van der Waals surface area (Å²) in [5.41, 5.74) is 3.47. The van der Waals surface area contributed by atoms with Crippen molar-refractivity contribution in [3.8, 4) is 0 Å². The SMILES string of the molecule is COC[C@@H](OC(C)=O)[C@H]1OCc2ccccc2[C@H]1/C=C/c1ccccc1. The second-order valence-electron chi connectivity index (χ2n) is 6.37. The van der Waals surface area contributed by atoms with Gasteiger partial charge in [0.05, 0.1) is 13.2 Å². The Bertz CT molecular complexity index is 754. The lowest BCUT2D eigenvalue weighted by molar-refractivity contribution is -0.162. The number of hydrogen-bond donors (Lipinski definition) is 0. The monoisotopic (exact) mass is 352 g/mol. The van der Waals surface area contributed by atoms with Crippen LogP contribution in [0.3, 0.4) is 0 Å². The molecule has 0 bridgehead atoms. The lowest BCUT2D eigenvalue weighted by atomic mass is 9.84. The van der Waals surface area contributed by atoms with Crippen molar-refractivity contribution in [3.05, 3.63) is 77.4 Å². The molecule has 4 heteroatoms. The molecule has 0 unspecified atom stereocenters. The third kappa shape index (κ3) is 4.40. The van der Waals surface area contributed by atoms with E-state index in [1.165, 1.54) is 12.5 Å². The average molecular weight is 352 g/mol. The molecule has 0 fully saturated rings. The summed E-state index contributed by atoms with van der Waals surface area (Å²) in [5, 5.41) is 0. The van der Waals surface area contributed by atoms with Crippen molar-refractivity contribution in [3.63, 3.8) is 0 Å². The summed E-state index contributed by atoms with van der Waals surface area (Å²) in [4.78, 5) is 11.6. The quantitative estimate of drug-likeness (QED) is 0.738. The number of ether oxygens (including phenoxy) is 3. The summed E-state index contributed by atoms with van der Waals surface area (Å²) < 4.78 is 16.9. The molecular weight excluding hydrogens is 328 g/mol. The Kier molecular flexibility index (Phi) is 6.21. The number of benzene rings is 2. The third-order valence-corrected chi connectivity index (χ3v) is 4.51. The van der Waals surface area contributed by atoms with Gasteiger partial charge in [0.1, 0.15) is 6.10 Å². The second-order valence-corrected chi connectivity index (χ2v) is 6.37. The second kappa shape index (κ2) is 8.79. The van der Waals surface area contributed by atoms with E-state index < -0.39 is 6.10 Å². The fourth-order valence-corrected chi connectivity index (χ4v) is 3.36. The maximum atomic E-state index is 11.6. The van der Waals surface area contributed by atoms with Crippen molar-refractivity contribution in [1.29, 1.82) is 0 Å². The summed E-state index contributed by atoms with van der Waals surface area (Å²) in [6, 6.07) is 18.4. The Balaban J connectivity index is 1.94. The topological polar surface area (TPSA) is 44.8 Å². The lowest BCUT2D eigenvalue weighted by Crippen LogP contribution is -2.42. The molecule has 0 radical (unpaired) electrons. The molecule has 0 saturated carbocycles. The molecule has 0 aliphatic carbocycles. The minimum absolute atomic E-state index is 0.0281. The summed E-state index contributed by atoms with van der Waals surface area (Å²) in [5.74, 6) is -0.361. The molecule has 136 valence electrons. The summed E-state index contributed by atoms with van der Waals surface area (Å²) >= 11 is 0. The first kappa shape index (κ1) is 18.4. The third-order valence-electron chi connectivity index (χ3n) is 4.51. The van der Waals surface area contributed by atoms with Gasteiger partial charge in [0.2, 0.25) is 0 Å². The minimum Gasteiger partial charge on any atom is -0.457 e. The van der Waals surface area contributed by atoms with Crippen LogP contribution in [0.4, 0.5) is 0 Å². The molecule has 0 spiro atoms. The highest BCUT2D eigenvalue weighted by Crippen LogP contribution is 2.35. The fourth-order valence-electron chi connectivity index (χ4n) is 3.36. The van der Waals surface area contributed by atoms with Crippen LogP contribution in [0.1, 0.15) is 29.5 Å². The molecule has 1 aliphatic rings. The van der Waals surface area contributed by atoms with Crippen molar-refractivity contribution in [1.82, 2.24) is 0 Å². The van der Waals surface area contributed by atoms with E-state index in [-0.39, 0.29) is 18.0 Å². The van der Waals surface area contributed by atoms with E-state index in [0.717, 1.165) is 11.1 Å². The summed E-state index contributed by atoms with van der Waals surface area (Å²) in [6.45, 7) is 2.20. The van der Waals surface area contributed by atoms with Gasteiger partial charge in [-0.1, -0.05) is 66.7 Å². The molecule has 0 aromatic heterocycles. The normalized spacial score (nSPS) is 20.5. The molecule has 26 heavy (non-hydrogen) atoms. The maximum Gasteiger partial charge on any atom is 0.303 e. The summed E-state index contributed by atoms with van der Waals surface area (Å²) in [6.07, 6.45) is 3.45. The number of rotatable bonds is 6. The Morgan fingerprint density at radius 3 is 2.65 bits per heavy atom. The number of esters is 1. The largest absolute Gasteiger partial charge is 0.457 e. The maximum absolute atomic E-state index is 11.6. The van der Waals surface area contributed by atoms with Crippen molar-refractivity contribution in [2.75, 3.05) is 13.7 Å². The van der Waals surface area contributed by atoms with Crippen LogP contribution >= 0.6 is 0 Å². The van der Waals surface area contributed by atoms with Crippen LogP contribution in [0.15, 0.2) is 60.7 Å². The highest BCUT2D eigenvalue weighted by Gasteiger charge is 2.36. The van der Waals surface area contributed by atoms with E-state index in [4.69, 9.17) is 14.2 Å². The minimum atomic E-state index is -0.462. The number of fused-ring (bicyclic) bond motifs is 1. The van der Waals surface area contributed by atoms with Gasteiger partial charge in [-0.2, -0.15) is 0 Å². The van der Waals surface area contributed by atoms with E-state index >= 15 is 0 Å². The zero-order valence-electron chi connectivity index (χ0n) is 15.1. The Morgan fingerprint density at radius 2 is 1.92 bits per heavy atom. The molecule has 1 heterocycles. The predicted molar refractivity (Wildman–Crippen MR) is 101 cm³/mol. The number of hydrogen-bond acceptors (Lipinski definition) is 4. The van der Waals surface area contributed by atoms with Crippen LogP contribution in [-0.2, 0) is 25.6 Å². The molecular formula is C22H24O4. The van der Waals surface area contributed by atoms with Gasteiger partial charge in [-0.3, -0.25) is 4.79 Å². The van der Waals surface area contributed by atoms with E-state index in [1.54, 1.807) is 7.11 Å². The number of carbonyl (C=O) groups excluding carboxylic acids is 1. The Hall–Kier alpha value is -2.43. The van der Waals surface area contributed by atoms with Crippen LogP contribution in [-0.4, -0.2) is 31.9 Å². The molecule has 2 aromatic rings. The van der Waals surface area contributed by atoms with Gasteiger partial charge in [-0.15, -0.1) is 0 Å². The van der Waals surface area contributed by atoms with Crippen molar-refractivity contribution >= 4 is 12.0 Å². The average Bonchev–Trinajstić information content (AvgIpc) is 2.66. The van der Waals surface area contributed by atoms with Crippen molar-refractivity contribution in [2.45, 2.75) is 31.7 Å². The molecule has 3 atom stereocenters. The number of methoxy groups -OCH3 is 1. The van der Waals surface area contributed by atoms with Gasteiger partial charge in [0.15, 0.2) is 6.10 Å². The van der Waals surface area contributed by atoms with Crippen LogP contribution in [0, 0.1) is 0 Å². The lowest BCUT2D eigenvalue weighted by Gasteiger charge is -2.36. The molecule has 0 amide bonds. The smallest absolute Gasteiger partial charge is 0.303 e. The van der Waals surface area contributed by atoms with Crippen LogP contribution in [0.25, 0.3) is 6.08 Å². The first-order valence-corrected chi connectivity index (χ1v) is 8.78.